The van der Waals surface area contributed by atoms with Crippen molar-refractivity contribution < 1.29 is 9.90 Å². The van der Waals surface area contributed by atoms with Crippen molar-refractivity contribution in [2.45, 2.75) is 45.1 Å². The molecule has 0 spiro atoms. The first kappa shape index (κ1) is 9.97. The zero-order chi connectivity index (χ0) is 10.6. The molecule has 0 amide bonds. The van der Waals surface area contributed by atoms with Crippen LogP contribution in [0.25, 0.3) is 0 Å². The van der Waals surface area contributed by atoms with E-state index in [1.807, 2.05) is 0 Å². The number of carboxylic acids is 1. The van der Waals surface area contributed by atoms with E-state index in [-0.39, 0.29) is 11.8 Å². The van der Waals surface area contributed by atoms with Crippen LogP contribution in [0.1, 0.15) is 39.5 Å². The van der Waals surface area contributed by atoms with Crippen molar-refractivity contribution in [2.75, 3.05) is 0 Å². The molecular formula is C11H19NO2. The van der Waals surface area contributed by atoms with Crippen LogP contribution >= 0.6 is 0 Å². The fourth-order valence-electron chi connectivity index (χ4n) is 3.63. The Morgan fingerprint density at radius 1 is 1.43 bits per heavy atom. The highest BCUT2D eigenvalue weighted by Crippen LogP contribution is 2.61. The third-order valence-corrected chi connectivity index (χ3v) is 4.83. The van der Waals surface area contributed by atoms with Gasteiger partial charge in [-0.2, -0.15) is 0 Å². The third kappa shape index (κ3) is 1.05. The first-order valence-corrected chi connectivity index (χ1v) is 5.38. The first-order chi connectivity index (χ1) is 6.38. The van der Waals surface area contributed by atoms with Crippen LogP contribution in [0, 0.1) is 17.3 Å². The highest BCUT2D eigenvalue weighted by molar-refractivity contribution is 5.69. The quantitative estimate of drug-likeness (QED) is 0.707. The van der Waals surface area contributed by atoms with E-state index in [9.17, 15) is 4.79 Å². The van der Waals surface area contributed by atoms with Gasteiger partial charge in [0.05, 0.1) is 6.42 Å². The standard InChI is InChI=1S/C11H19NO2/c1-10(2)7-3-4-8(5-7)11(10,12)6-9(13)14/h7-8H,3-6,12H2,1-2H3,(H,13,14)/t7-,8+,11-/m0/s1. The Bertz CT molecular complexity index is 274. The highest BCUT2D eigenvalue weighted by atomic mass is 16.4. The fourth-order valence-corrected chi connectivity index (χ4v) is 3.63. The Balaban J connectivity index is 2.29. The number of nitrogens with two attached hydrogens (primary N) is 1. The fraction of sp³-hybridized carbons (Fsp3) is 0.909. The molecule has 3 atom stereocenters. The van der Waals surface area contributed by atoms with Gasteiger partial charge in [-0.05, 0) is 36.5 Å². The van der Waals surface area contributed by atoms with Gasteiger partial charge >= 0.3 is 5.97 Å². The molecule has 0 unspecified atom stereocenters. The molecule has 2 aliphatic rings. The molecule has 0 aliphatic heterocycles. The molecule has 3 N–H and O–H groups in total. The second kappa shape index (κ2) is 2.72. The highest BCUT2D eigenvalue weighted by Gasteiger charge is 2.61. The molecule has 3 nitrogen and oxygen atoms in total. The Kier molecular flexibility index (Phi) is 1.94. The maximum absolute atomic E-state index is 10.8. The van der Waals surface area contributed by atoms with Crippen LogP contribution in [-0.2, 0) is 4.79 Å². The average molecular weight is 197 g/mol. The van der Waals surface area contributed by atoms with Gasteiger partial charge in [-0.3, -0.25) is 4.79 Å². The molecule has 14 heavy (non-hydrogen) atoms. The van der Waals surface area contributed by atoms with E-state index in [1.54, 1.807) is 0 Å². The lowest BCUT2D eigenvalue weighted by atomic mass is 9.62. The summed E-state index contributed by atoms with van der Waals surface area (Å²) >= 11 is 0. The largest absolute Gasteiger partial charge is 0.481 e. The van der Waals surface area contributed by atoms with Gasteiger partial charge in [-0.25, -0.2) is 0 Å². The molecule has 2 saturated carbocycles. The Labute approximate surface area is 84.7 Å². The summed E-state index contributed by atoms with van der Waals surface area (Å²) in [5, 5.41) is 8.92. The lowest BCUT2D eigenvalue weighted by Crippen LogP contribution is -2.57. The van der Waals surface area contributed by atoms with E-state index in [0.29, 0.717) is 11.8 Å². The molecule has 2 fully saturated rings. The van der Waals surface area contributed by atoms with Crippen LogP contribution in [0.5, 0.6) is 0 Å². The minimum Gasteiger partial charge on any atom is -0.481 e. The van der Waals surface area contributed by atoms with Gasteiger partial charge in [0, 0.05) is 5.54 Å². The van der Waals surface area contributed by atoms with Crippen LogP contribution < -0.4 is 5.73 Å². The lowest BCUT2D eigenvalue weighted by Gasteiger charge is -2.46. The molecule has 0 saturated heterocycles. The summed E-state index contributed by atoms with van der Waals surface area (Å²) in [7, 11) is 0. The zero-order valence-electron chi connectivity index (χ0n) is 8.92. The molecule has 0 aromatic rings. The molecular weight excluding hydrogens is 178 g/mol. The van der Waals surface area contributed by atoms with Crippen molar-refractivity contribution in [3.05, 3.63) is 0 Å². The number of carbonyl (C=O) groups is 1. The molecule has 2 aliphatic carbocycles. The monoisotopic (exact) mass is 197 g/mol. The number of carboxylic acid groups (broad SMARTS) is 1. The van der Waals surface area contributed by atoms with E-state index in [4.69, 9.17) is 10.8 Å². The van der Waals surface area contributed by atoms with Crippen LogP contribution in [0.15, 0.2) is 0 Å². The van der Waals surface area contributed by atoms with Crippen LogP contribution in [0.4, 0.5) is 0 Å². The number of hydrogen-bond donors (Lipinski definition) is 2. The smallest absolute Gasteiger partial charge is 0.305 e. The maximum atomic E-state index is 10.8. The summed E-state index contributed by atoms with van der Waals surface area (Å²) in [4.78, 5) is 10.8. The van der Waals surface area contributed by atoms with Gasteiger partial charge in [0.2, 0.25) is 0 Å². The number of rotatable bonds is 2. The number of hydrogen-bond acceptors (Lipinski definition) is 2. The molecule has 2 rings (SSSR count). The van der Waals surface area contributed by atoms with Gasteiger partial charge in [-0.15, -0.1) is 0 Å². The summed E-state index contributed by atoms with van der Waals surface area (Å²) < 4.78 is 0. The molecule has 2 bridgehead atoms. The molecule has 0 radical (unpaired) electrons. The number of aliphatic carboxylic acids is 1. The van der Waals surface area contributed by atoms with Gasteiger partial charge in [-0.1, -0.05) is 13.8 Å². The maximum Gasteiger partial charge on any atom is 0.305 e. The average Bonchev–Trinajstić information content (AvgIpc) is 2.54. The Morgan fingerprint density at radius 3 is 2.43 bits per heavy atom. The number of fused-ring (bicyclic) bond motifs is 2. The van der Waals surface area contributed by atoms with E-state index in [1.165, 1.54) is 6.42 Å². The van der Waals surface area contributed by atoms with Crippen molar-refractivity contribution in [3.63, 3.8) is 0 Å². The third-order valence-electron chi connectivity index (χ3n) is 4.83. The van der Waals surface area contributed by atoms with Gasteiger partial charge in [0.25, 0.3) is 0 Å². The van der Waals surface area contributed by atoms with Gasteiger partial charge in [0.15, 0.2) is 0 Å². The summed E-state index contributed by atoms with van der Waals surface area (Å²) in [6.07, 6.45) is 3.62. The molecule has 0 aromatic carbocycles. The van der Waals surface area contributed by atoms with Crippen molar-refractivity contribution in [1.29, 1.82) is 0 Å². The lowest BCUT2D eigenvalue weighted by molar-refractivity contribution is -0.140. The summed E-state index contributed by atoms with van der Waals surface area (Å²) in [5.74, 6) is 0.309. The van der Waals surface area contributed by atoms with Crippen molar-refractivity contribution >= 4 is 5.97 Å². The topological polar surface area (TPSA) is 63.3 Å². The van der Waals surface area contributed by atoms with Crippen molar-refractivity contribution in [2.24, 2.45) is 23.0 Å². The van der Waals surface area contributed by atoms with Crippen LogP contribution in [0.2, 0.25) is 0 Å². The predicted molar refractivity (Wildman–Crippen MR) is 53.8 cm³/mol. The van der Waals surface area contributed by atoms with Crippen molar-refractivity contribution in [3.8, 4) is 0 Å². The van der Waals surface area contributed by atoms with E-state index in [0.717, 1.165) is 12.8 Å². The SMILES string of the molecule is CC1(C)[C@H]2CC[C@H](C2)[C@@]1(N)CC(=O)O. The normalized spacial score (nSPS) is 44.2. The second-order valence-corrected chi connectivity index (χ2v) is 5.54. The summed E-state index contributed by atoms with van der Waals surface area (Å²) in [6.45, 7) is 4.28. The summed E-state index contributed by atoms with van der Waals surface area (Å²) in [5.41, 5.74) is 5.87. The van der Waals surface area contributed by atoms with Gasteiger partial charge < -0.3 is 10.8 Å². The zero-order valence-corrected chi connectivity index (χ0v) is 8.92. The van der Waals surface area contributed by atoms with E-state index >= 15 is 0 Å². The minimum absolute atomic E-state index is 0.00565. The van der Waals surface area contributed by atoms with Crippen LogP contribution in [-0.4, -0.2) is 16.6 Å². The second-order valence-electron chi connectivity index (χ2n) is 5.54. The predicted octanol–water partition coefficient (Wildman–Crippen LogP) is 1.61. The Hall–Kier alpha value is -0.570. The van der Waals surface area contributed by atoms with E-state index in [2.05, 4.69) is 13.8 Å². The van der Waals surface area contributed by atoms with Gasteiger partial charge in [0.1, 0.15) is 0 Å². The molecule has 0 aromatic heterocycles. The Morgan fingerprint density at radius 2 is 2.00 bits per heavy atom. The molecule has 3 heteroatoms. The molecule has 0 heterocycles. The first-order valence-electron chi connectivity index (χ1n) is 5.38. The summed E-state index contributed by atoms with van der Waals surface area (Å²) in [6, 6.07) is 0. The van der Waals surface area contributed by atoms with Crippen LogP contribution in [0.3, 0.4) is 0 Å². The van der Waals surface area contributed by atoms with E-state index < -0.39 is 11.5 Å². The molecule has 80 valence electrons. The van der Waals surface area contributed by atoms with Crippen molar-refractivity contribution in [1.82, 2.24) is 0 Å². The minimum atomic E-state index is -0.756.